The van der Waals surface area contributed by atoms with Crippen LogP contribution in [-0.4, -0.2) is 50.5 Å². The highest BCUT2D eigenvalue weighted by atomic mass is 32.2. The molecule has 0 unspecified atom stereocenters. The summed E-state index contributed by atoms with van der Waals surface area (Å²) < 4.78 is 9.32. The highest BCUT2D eigenvalue weighted by molar-refractivity contribution is 7.99. The largest absolute Gasteiger partial charge is 0.383 e. The van der Waals surface area contributed by atoms with Gasteiger partial charge in [-0.15, -0.1) is 10.2 Å². The van der Waals surface area contributed by atoms with Crippen LogP contribution in [0.15, 0.2) is 35.5 Å². The number of carbonyl (C=O) groups excluding carboxylic acids is 2. The predicted octanol–water partition coefficient (Wildman–Crippen LogP) is 4.14. The normalized spacial score (nSPS) is 13.3. The summed E-state index contributed by atoms with van der Waals surface area (Å²) in [6, 6.07) is 9.57. The number of methoxy groups -OCH3 is 1. The molecule has 1 aliphatic carbocycles. The van der Waals surface area contributed by atoms with Gasteiger partial charge in [0.15, 0.2) is 10.9 Å². The predicted molar refractivity (Wildman–Crippen MR) is 128 cm³/mol. The van der Waals surface area contributed by atoms with Crippen LogP contribution in [0.5, 0.6) is 0 Å². The molecule has 1 aliphatic rings. The number of Topliss-reactive ketones (excluding diaryl/α,β-unsaturated/α-hetero) is 1. The summed E-state index contributed by atoms with van der Waals surface area (Å²) in [4.78, 5) is 24.6. The van der Waals surface area contributed by atoms with Crippen molar-refractivity contribution in [3.8, 4) is 5.69 Å². The van der Waals surface area contributed by atoms with Crippen LogP contribution >= 0.6 is 11.8 Å². The second-order valence-electron chi connectivity index (χ2n) is 8.32. The SMILES string of the molecule is COCCn1c(C)cc(C(=O)CSc2nnc(C3CC3)n2-c2cccc(NC(C)=O)c2)c1C. The summed E-state index contributed by atoms with van der Waals surface area (Å²) in [5.41, 5.74) is 4.33. The van der Waals surface area contributed by atoms with Gasteiger partial charge in [0.1, 0.15) is 5.82 Å². The number of ketones is 1. The fourth-order valence-corrected chi connectivity index (χ4v) is 4.81. The van der Waals surface area contributed by atoms with Crippen LogP contribution in [-0.2, 0) is 16.1 Å². The van der Waals surface area contributed by atoms with Crippen LogP contribution in [0, 0.1) is 13.8 Å². The number of amides is 1. The summed E-state index contributed by atoms with van der Waals surface area (Å²) >= 11 is 1.39. The molecule has 1 fully saturated rings. The summed E-state index contributed by atoms with van der Waals surface area (Å²) in [7, 11) is 1.68. The Morgan fingerprint density at radius 3 is 2.70 bits per heavy atom. The summed E-state index contributed by atoms with van der Waals surface area (Å²) in [6.45, 7) is 6.79. The highest BCUT2D eigenvalue weighted by Crippen LogP contribution is 2.41. The van der Waals surface area contributed by atoms with Crippen molar-refractivity contribution in [2.45, 2.75) is 51.2 Å². The monoisotopic (exact) mass is 467 g/mol. The van der Waals surface area contributed by atoms with Crippen molar-refractivity contribution in [3.05, 3.63) is 53.1 Å². The Hall–Kier alpha value is -2.91. The number of carbonyl (C=O) groups is 2. The summed E-state index contributed by atoms with van der Waals surface area (Å²) in [6.07, 6.45) is 2.17. The van der Waals surface area contributed by atoms with E-state index in [0.29, 0.717) is 23.4 Å². The van der Waals surface area contributed by atoms with Crippen molar-refractivity contribution < 1.29 is 14.3 Å². The third kappa shape index (κ3) is 5.20. The molecule has 2 aromatic heterocycles. The third-order valence-electron chi connectivity index (χ3n) is 5.75. The first-order valence-electron chi connectivity index (χ1n) is 11.0. The van der Waals surface area contributed by atoms with Crippen LogP contribution < -0.4 is 5.32 Å². The Morgan fingerprint density at radius 2 is 2.00 bits per heavy atom. The molecule has 0 aliphatic heterocycles. The average molecular weight is 468 g/mol. The molecule has 1 N–H and O–H groups in total. The molecule has 8 nitrogen and oxygen atoms in total. The topological polar surface area (TPSA) is 91.0 Å². The van der Waals surface area contributed by atoms with Crippen LogP contribution in [0.4, 0.5) is 5.69 Å². The van der Waals surface area contributed by atoms with E-state index in [1.54, 1.807) is 7.11 Å². The van der Waals surface area contributed by atoms with E-state index in [9.17, 15) is 9.59 Å². The van der Waals surface area contributed by atoms with E-state index in [-0.39, 0.29) is 17.4 Å². The number of ether oxygens (including phenoxy) is 1. The Bertz CT molecular complexity index is 1180. The molecule has 1 aromatic carbocycles. The first-order valence-corrected chi connectivity index (χ1v) is 12.0. The van der Waals surface area contributed by atoms with E-state index in [2.05, 4.69) is 20.1 Å². The fraction of sp³-hybridized carbons (Fsp3) is 0.417. The molecule has 1 saturated carbocycles. The Labute approximate surface area is 197 Å². The number of rotatable bonds is 10. The maximum atomic E-state index is 13.1. The third-order valence-corrected chi connectivity index (χ3v) is 6.68. The molecule has 2 heterocycles. The van der Waals surface area contributed by atoms with Gasteiger partial charge >= 0.3 is 0 Å². The molecule has 0 radical (unpaired) electrons. The van der Waals surface area contributed by atoms with Gasteiger partial charge in [-0.25, -0.2) is 0 Å². The molecular formula is C24H29N5O3S. The fourth-order valence-electron chi connectivity index (χ4n) is 3.97. The van der Waals surface area contributed by atoms with Crippen LogP contribution in [0.3, 0.4) is 0 Å². The van der Waals surface area contributed by atoms with Gasteiger partial charge in [-0.1, -0.05) is 17.8 Å². The first-order chi connectivity index (χ1) is 15.9. The minimum Gasteiger partial charge on any atom is -0.383 e. The number of nitrogens with one attached hydrogen (secondary N) is 1. The second-order valence-corrected chi connectivity index (χ2v) is 9.27. The zero-order chi connectivity index (χ0) is 23.5. The smallest absolute Gasteiger partial charge is 0.221 e. The molecule has 0 saturated heterocycles. The molecule has 174 valence electrons. The van der Waals surface area contributed by atoms with E-state index in [0.717, 1.165) is 47.8 Å². The average Bonchev–Trinajstić information content (AvgIpc) is 3.47. The molecule has 0 bridgehead atoms. The number of hydrogen-bond acceptors (Lipinski definition) is 6. The van der Waals surface area contributed by atoms with Crippen LogP contribution in [0.2, 0.25) is 0 Å². The van der Waals surface area contributed by atoms with Gasteiger partial charge in [-0.3, -0.25) is 14.2 Å². The van der Waals surface area contributed by atoms with Crippen molar-refractivity contribution in [2.24, 2.45) is 0 Å². The van der Waals surface area contributed by atoms with Gasteiger partial charge < -0.3 is 14.6 Å². The Balaban J connectivity index is 1.56. The van der Waals surface area contributed by atoms with Crippen molar-refractivity contribution in [1.29, 1.82) is 0 Å². The maximum absolute atomic E-state index is 13.1. The zero-order valence-corrected chi connectivity index (χ0v) is 20.2. The van der Waals surface area contributed by atoms with E-state index in [1.807, 2.05) is 48.7 Å². The zero-order valence-electron chi connectivity index (χ0n) is 19.4. The number of hydrogen-bond donors (Lipinski definition) is 1. The lowest BCUT2D eigenvalue weighted by Crippen LogP contribution is -2.10. The quantitative estimate of drug-likeness (QED) is 0.356. The minimum absolute atomic E-state index is 0.0614. The Kier molecular flexibility index (Phi) is 6.99. The molecule has 0 atom stereocenters. The van der Waals surface area contributed by atoms with Crippen LogP contribution in [0.1, 0.15) is 53.3 Å². The van der Waals surface area contributed by atoms with Gasteiger partial charge in [-0.2, -0.15) is 0 Å². The first kappa shape index (κ1) is 23.3. The number of nitrogens with zero attached hydrogens (tertiary/aromatic N) is 4. The molecule has 3 aromatic rings. The van der Waals surface area contributed by atoms with Gasteiger partial charge in [-0.05, 0) is 51.0 Å². The number of benzene rings is 1. The van der Waals surface area contributed by atoms with Crippen molar-refractivity contribution in [1.82, 2.24) is 19.3 Å². The van der Waals surface area contributed by atoms with Crippen molar-refractivity contribution in [2.75, 3.05) is 24.8 Å². The van der Waals surface area contributed by atoms with E-state index in [1.165, 1.54) is 18.7 Å². The standard InChI is InChI=1S/C24H29N5O3S/c1-15-12-21(16(2)28(15)10-11-32-4)22(31)14-33-24-27-26-23(18-8-9-18)29(24)20-7-5-6-19(13-20)25-17(3)30/h5-7,12-13,18H,8-11,14H2,1-4H3,(H,25,30). The van der Waals surface area contributed by atoms with Gasteiger partial charge in [0.25, 0.3) is 0 Å². The molecule has 0 spiro atoms. The molecule has 1 amide bonds. The second kappa shape index (κ2) is 9.93. The van der Waals surface area contributed by atoms with E-state index >= 15 is 0 Å². The highest BCUT2D eigenvalue weighted by Gasteiger charge is 2.31. The van der Waals surface area contributed by atoms with Gasteiger partial charge in [0, 0.05) is 49.1 Å². The lowest BCUT2D eigenvalue weighted by atomic mass is 10.2. The van der Waals surface area contributed by atoms with E-state index in [4.69, 9.17) is 4.74 Å². The maximum Gasteiger partial charge on any atom is 0.221 e. The molecule has 33 heavy (non-hydrogen) atoms. The van der Waals surface area contributed by atoms with Gasteiger partial charge in [0.05, 0.1) is 18.0 Å². The summed E-state index contributed by atoms with van der Waals surface area (Å²) in [5.74, 6) is 1.49. The molecular weight excluding hydrogens is 438 g/mol. The minimum atomic E-state index is -0.124. The van der Waals surface area contributed by atoms with Crippen LogP contribution in [0.25, 0.3) is 5.69 Å². The lowest BCUT2D eigenvalue weighted by Gasteiger charge is -2.12. The lowest BCUT2D eigenvalue weighted by molar-refractivity contribution is -0.114. The van der Waals surface area contributed by atoms with Crippen molar-refractivity contribution >= 4 is 29.1 Å². The Morgan fingerprint density at radius 1 is 1.21 bits per heavy atom. The number of aromatic nitrogens is 4. The molecule has 9 heteroatoms. The number of aryl methyl sites for hydroxylation is 1. The van der Waals surface area contributed by atoms with Crippen molar-refractivity contribution in [3.63, 3.8) is 0 Å². The number of thioether (sulfide) groups is 1. The number of anilines is 1. The van der Waals surface area contributed by atoms with E-state index < -0.39 is 0 Å². The summed E-state index contributed by atoms with van der Waals surface area (Å²) in [5, 5.41) is 12.4. The van der Waals surface area contributed by atoms with Gasteiger partial charge in [0.2, 0.25) is 5.91 Å². The molecule has 4 rings (SSSR count).